The van der Waals surface area contributed by atoms with E-state index in [1.54, 1.807) is 24.3 Å². The molecule has 4 nitrogen and oxygen atoms in total. The minimum absolute atomic E-state index is 0.170. The molecular weight excluding hydrogens is 250 g/mol. The second-order valence-electron chi connectivity index (χ2n) is 5.52. The first-order valence-corrected chi connectivity index (χ1v) is 7.45. The second-order valence-corrected chi connectivity index (χ2v) is 7.38. The summed E-state index contributed by atoms with van der Waals surface area (Å²) < 4.78 is 26.4. The molecule has 1 aliphatic heterocycles. The Morgan fingerprint density at radius 2 is 1.83 bits per heavy atom. The zero-order valence-electron chi connectivity index (χ0n) is 10.9. The van der Waals surface area contributed by atoms with E-state index < -0.39 is 21.7 Å². The number of aliphatic hydroxyl groups is 1. The van der Waals surface area contributed by atoms with Crippen molar-refractivity contribution in [3.8, 4) is 0 Å². The van der Waals surface area contributed by atoms with Crippen LogP contribution in [0.25, 0.3) is 0 Å². The maximum Gasteiger partial charge on any atom is 0.243 e. The molecule has 0 amide bonds. The van der Waals surface area contributed by atoms with E-state index >= 15 is 0 Å². The third kappa shape index (κ3) is 2.30. The average Bonchev–Trinajstić information content (AvgIpc) is 2.53. The van der Waals surface area contributed by atoms with Gasteiger partial charge in [0.25, 0.3) is 0 Å². The van der Waals surface area contributed by atoms with Gasteiger partial charge in [-0.15, -0.1) is 0 Å². The summed E-state index contributed by atoms with van der Waals surface area (Å²) in [7, 11) is -3.52. The molecule has 0 radical (unpaired) electrons. The summed E-state index contributed by atoms with van der Waals surface area (Å²) in [5.41, 5.74) is 0.484. The number of aliphatic hydroxyl groups excluding tert-OH is 1. The molecule has 5 heteroatoms. The van der Waals surface area contributed by atoms with Gasteiger partial charge in [-0.1, -0.05) is 17.7 Å². The summed E-state index contributed by atoms with van der Waals surface area (Å²) in [6, 6.07) is 6.80. The summed E-state index contributed by atoms with van der Waals surface area (Å²) in [6.07, 6.45) is -0.113. The molecule has 1 aliphatic rings. The number of aryl methyl sites for hydroxylation is 1. The van der Waals surface area contributed by atoms with E-state index in [4.69, 9.17) is 0 Å². The van der Waals surface area contributed by atoms with Crippen LogP contribution in [0.5, 0.6) is 0 Å². The first-order chi connectivity index (χ1) is 8.23. The zero-order valence-corrected chi connectivity index (χ0v) is 11.7. The van der Waals surface area contributed by atoms with Crippen molar-refractivity contribution in [3.05, 3.63) is 29.8 Å². The van der Waals surface area contributed by atoms with Gasteiger partial charge >= 0.3 is 0 Å². The normalized spacial score (nSPS) is 24.3. The van der Waals surface area contributed by atoms with Crippen molar-refractivity contribution in [1.29, 1.82) is 0 Å². The summed E-state index contributed by atoms with van der Waals surface area (Å²) in [6.45, 7) is 5.77. The van der Waals surface area contributed by atoms with Crippen molar-refractivity contribution in [1.82, 2.24) is 4.31 Å². The Kier molecular flexibility index (Phi) is 3.25. The van der Waals surface area contributed by atoms with Crippen LogP contribution >= 0.6 is 0 Å². The van der Waals surface area contributed by atoms with E-state index in [2.05, 4.69) is 0 Å². The van der Waals surface area contributed by atoms with Gasteiger partial charge in [0.05, 0.1) is 11.0 Å². The topological polar surface area (TPSA) is 57.6 Å². The smallest absolute Gasteiger partial charge is 0.243 e. The van der Waals surface area contributed by atoms with Gasteiger partial charge in [0.1, 0.15) is 0 Å². The molecule has 1 aromatic rings. The lowest BCUT2D eigenvalue weighted by Gasteiger charge is -2.30. The highest BCUT2D eigenvalue weighted by molar-refractivity contribution is 7.89. The van der Waals surface area contributed by atoms with Gasteiger partial charge in [0.2, 0.25) is 10.0 Å². The van der Waals surface area contributed by atoms with Gasteiger partial charge in [-0.05, 0) is 39.3 Å². The number of sulfonamides is 1. The molecule has 100 valence electrons. The van der Waals surface area contributed by atoms with Crippen LogP contribution in [0.1, 0.15) is 25.8 Å². The SMILES string of the molecule is Cc1ccc(S(=O)(=O)N2CC(O)CC2(C)C)cc1. The summed E-state index contributed by atoms with van der Waals surface area (Å²) in [5, 5.41) is 9.68. The van der Waals surface area contributed by atoms with Crippen molar-refractivity contribution in [3.63, 3.8) is 0 Å². The van der Waals surface area contributed by atoms with Crippen molar-refractivity contribution in [2.24, 2.45) is 0 Å². The van der Waals surface area contributed by atoms with Crippen LogP contribution in [0.15, 0.2) is 29.2 Å². The van der Waals surface area contributed by atoms with Crippen LogP contribution < -0.4 is 0 Å². The second kappa shape index (κ2) is 4.33. The monoisotopic (exact) mass is 269 g/mol. The van der Waals surface area contributed by atoms with Crippen LogP contribution in [0, 0.1) is 6.92 Å². The molecule has 0 aliphatic carbocycles. The fourth-order valence-corrected chi connectivity index (χ4v) is 4.27. The number of rotatable bonds is 2. The molecule has 1 fully saturated rings. The van der Waals surface area contributed by atoms with E-state index in [1.165, 1.54) is 4.31 Å². The van der Waals surface area contributed by atoms with Gasteiger partial charge in [-0.3, -0.25) is 0 Å². The van der Waals surface area contributed by atoms with Crippen LogP contribution in [0.3, 0.4) is 0 Å². The molecule has 1 saturated heterocycles. The fraction of sp³-hybridized carbons (Fsp3) is 0.538. The number of hydrogen-bond donors (Lipinski definition) is 1. The molecule has 2 rings (SSSR count). The first kappa shape index (κ1) is 13.5. The van der Waals surface area contributed by atoms with Crippen LogP contribution in [-0.4, -0.2) is 36.0 Å². The molecule has 1 unspecified atom stereocenters. The third-order valence-electron chi connectivity index (χ3n) is 3.40. The Bertz CT molecular complexity index is 534. The van der Waals surface area contributed by atoms with Gasteiger partial charge in [-0.2, -0.15) is 4.31 Å². The van der Waals surface area contributed by atoms with E-state index in [-0.39, 0.29) is 11.4 Å². The van der Waals surface area contributed by atoms with Crippen LogP contribution in [0.4, 0.5) is 0 Å². The quantitative estimate of drug-likeness (QED) is 0.886. The summed E-state index contributed by atoms with van der Waals surface area (Å²) in [4.78, 5) is 0.287. The lowest BCUT2D eigenvalue weighted by molar-refractivity contribution is 0.187. The highest BCUT2D eigenvalue weighted by Gasteiger charge is 2.44. The number of hydrogen-bond acceptors (Lipinski definition) is 3. The average molecular weight is 269 g/mol. The molecule has 1 atom stereocenters. The molecule has 0 saturated carbocycles. The van der Waals surface area contributed by atoms with E-state index in [1.807, 2.05) is 20.8 Å². The first-order valence-electron chi connectivity index (χ1n) is 6.01. The standard InChI is InChI=1S/C13H19NO3S/c1-10-4-6-12(7-5-10)18(16,17)14-9-11(15)8-13(14,2)3/h4-7,11,15H,8-9H2,1-3H3. The largest absolute Gasteiger partial charge is 0.392 e. The molecule has 1 aromatic carbocycles. The molecular formula is C13H19NO3S. The predicted molar refractivity (Wildman–Crippen MR) is 69.8 cm³/mol. The number of benzene rings is 1. The Balaban J connectivity index is 2.40. The Hall–Kier alpha value is -0.910. The summed E-state index contributed by atoms with van der Waals surface area (Å²) in [5.74, 6) is 0. The van der Waals surface area contributed by atoms with Crippen molar-refractivity contribution in [2.75, 3.05) is 6.54 Å². The molecule has 18 heavy (non-hydrogen) atoms. The molecule has 0 spiro atoms. The maximum atomic E-state index is 12.5. The minimum Gasteiger partial charge on any atom is -0.392 e. The van der Waals surface area contributed by atoms with Crippen molar-refractivity contribution >= 4 is 10.0 Å². The molecule has 0 bridgehead atoms. The Morgan fingerprint density at radius 3 is 2.28 bits per heavy atom. The Labute approximate surface area is 108 Å². The Morgan fingerprint density at radius 1 is 1.28 bits per heavy atom. The lowest BCUT2D eigenvalue weighted by atomic mass is 10.0. The number of nitrogens with zero attached hydrogens (tertiary/aromatic N) is 1. The van der Waals surface area contributed by atoms with Gasteiger partial charge in [0, 0.05) is 12.1 Å². The van der Waals surface area contributed by atoms with Crippen molar-refractivity contribution < 1.29 is 13.5 Å². The van der Waals surface area contributed by atoms with Crippen molar-refractivity contribution in [2.45, 2.75) is 43.7 Å². The highest BCUT2D eigenvalue weighted by Crippen LogP contribution is 2.34. The zero-order chi connectivity index (χ0) is 13.6. The molecule has 1 heterocycles. The molecule has 1 N–H and O–H groups in total. The van der Waals surface area contributed by atoms with E-state index in [0.717, 1.165) is 5.56 Å². The number of β-amino-alcohol motifs (C(OH)–C–C–N with tert-alkyl or cyclic N) is 1. The van der Waals surface area contributed by atoms with E-state index in [9.17, 15) is 13.5 Å². The maximum absolute atomic E-state index is 12.5. The van der Waals surface area contributed by atoms with Gasteiger partial charge < -0.3 is 5.11 Å². The lowest BCUT2D eigenvalue weighted by Crippen LogP contribution is -2.42. The third-order valence-corrected chi connectivity index (χ3v) is 5.49. The van der Waals surface area contributed by atoms with E-state index in [0.29, 0.717) is 6.42 Å². The minimum atomic E-state index is -3.52. The highest BCUT2D eigenvalue weighted by atomic mass is 32.2. The molecule has 0 aromatic heterocycles. The summed E-state index contributed by atoms with van der Waals surface area (Å²) >= 11 is 0. The predicted octanol–water partition coefficient (Wildman–Crippen LogP) is 1.53. The van der Waals surface area contributed by atoms with Gasteiger partial charge in [-0.25, -0.2) is 8.42 Å². The van der Waals surface area contributed by atoms with Gasteiger partial charge in [0.15, 0.2) is 0 Å². The van der Waals surface area contributed by atoms with Crippen LogP contribution in [-0.2, 0) is 10.0 Å². The fourth-order valence-electron chi connectivity index (χ4n) is 2.44. The van der Waals surface area contributed by atoms with Crippen LogP contribution in [0.2, 0.25) is 0 Å².